The van der Waals surface area contributed by atoms with E-state index in [9.17, 15) is 22.9 Å². The van der Waals surface area contributed by atoms with Crippen molar-refractivity contribution in [1.82, 2.24) is 0 Å². The molecule has 4 aromatic rings. The van der Waals surface area contributed by atoms with Crippen LogP contribution in [0.25, 0.3) is 10.8 Å². The highest BCUT2D eigenvalue weighted by Crippen LogP contribution is 2.41. The summed E-state index contributed by atoms with van der Waals surface area (Å²) in [6.07, 6.45) is 0.365. The van der Waals surface area contributed by atoms with Gasteiger partial charge in [-0.2, -0.15) is 8.42 Å². The van der Waals surface area contributed by atoms with Crippen molar-refractivity contribution in [2.75, 3.05) is 11.9 Å². The molecule has 0 spiro atoms. The van der Waals surface area contributed by atoms with Gasteiger partial charge in [-0.05, 0) is 54.6 Å². The monoisotopic (exact) mass is 587 g/mol. The second-order valence-electron chi connectivity index (χ2n) is 8.32. The molecule has 0 unspecified atom stereocenters. The fourth-order valence-electron chi connectivity index (χ4n) is 3.86. The zero-order valence-electron chi connectivity index (χ0n) is 20.8. The van der Waals surface area contributed by atoms with Gasteiger partial charge in [0.05, 0.1) is 27.1 Å². The minimum atomic E-state index is -4.54. The highest BCUT2D eigenvalue weighted by molar-refractivity contribution is 7.85. The Bertz CT molecular complexity index is 1720. The largest absolute Gasteiger partial charge is 0.505 e. The topological polar surface area (TPSA) is 138 Å². The molecular weight excluding hydrogens is 565 g/mol. The van der Waals surface area contributed by atoms with E-state index < -0.39 is 26.7 Å². The molecule has 0 heterocycles. The summed E-state index contributed by atoms with van der Waals surface area (Å²) in [6.45, 7) is 3.95. The first kappa shape index (κ1) is 28.3. The first-order valence-electron chi connectivity index (χ1n) is 11.7. The van der Waals surface area contributed by atoms with Crippen LogP contribution in [0.5, 0.6) is 11.5 Å². The molecule has 0 bridgehead atoms. The lowest BCUT2D eigenvalue weighted by Crippen LogP contribution is -2.12. The van der Waals surface area contributed by atoms with Crippen molar-refractivity contribution in [3.05, 3.63) is 81.8 Å². The van der Waals surface area contributed by atoms with Crippen LogP contribution in [-0.4, -0.2) is 30.6 Å². The molecule has 9 nitrogen and oxygen atoms in total. The van der Waals surface area contributed by atoms with Gasteiger partial charge >= 0.3 is 0 Å². The summed E-state index contributed by atoms with van der Waals surface area (Å²) in [6, 6.07) is 15.5. The summed E-state index contributed by atoms with van der Waals surface area (Å²) in [5.41, 5.74) is 0.673. The number of benzene rings is 4. The maximum Gasteiger partial charge on any atom is 0.294 e. The molecule has 0 radical (unpaired) electrons. The number of anilines is 1. The van der Waals surface area contributed by atoms with Crippen LogP contribution in [0.3, 0.4) is 0 Å². The fraction of sp³-hybridized carbons (Fsp3) is 0.148. The predicted octanol–water partition coefficient (Wildman–Crippen LogP) is 7.73. The maximum atomic E-state index is 13.2. The van der Waals surface area contributed by atoms with Crippen LogP contribution in [0.4, 0.5) is 17.1 Å². The lowest BCUT2D eigenvalue weighted by Gasteiger charge is -2.13. The predicted molar refractivity (Wildman–Crippen MR) is 151 cm³/mol. The summed E-state index contributed by atoms with van der Waals surface area (Å²) >= 11 is 12.5. The van der Waals surface area contributed by atoms with E-state index >= 15 is 0 Å². The first-order chi connectivity index (χ1) is 18.5. The van der Waals surface area contributed by atoms with Crippen LogP contribution in [0.15, 0.2) is 75.8 Å². The second kappa shape index (κ2) is 11.6. The average Bonchev–Trinajstić information content (AvgIpc) is 2.90. The van der Waals surface area contributed by atoms with Crippen LogP contribution in [0.2, 0.25) is 10.0 Å². The molecule has 4 rings (SSSR count). The Hall–Kier alpha value is -3.70. The number of halogens is 2. The molecule has 0 fully saturated rings. The summed E-state index contributed by atoms with van der Waals surface area (Å²) in [7, 11) is -4.54. The molecule has 3 N–H and O–H groups in total. The average molecular weight is 588 g/mol. The van der Waals surface area contributed by atoms with Crippen molar-refractivity contribution in [3.8, 4) is 11.5 Å². The molecule has 0 aliphatic heterocycles. The van der Waals surface area contributed by atoms with E-state index in [-0.39, 0.29) is 22.0 Å². The molecule has 0 saturated heterocycles. The highest BCUT2D eigenvalue weighted by Gasteiger charge is 2.20. The Morgan fingerprint density at radius 3 is 2.46 bits per heavy atom. The number of carbonyl (C=O) groups is 1. The van der Waals surface area contributed by atoms with Crippen molar-refractivity contribution in [3.63, 3.8) is 0 Å². The fourth-order valence-corrected chi connectivity index (χ4v) is 4.86. The number of ether oxygens (including phenoxy) is 1. The Morgan fingerprint density at radius 2 is 1.77 bits per heavy atom. The second-order valence-corrected chi connectivity index (χ2v) is 10.5. The van der Waals surface area contributed by atoms with E-state index in [0.29, 0.717) is 45.8 Å². The van der Waals surface area contributed by atoms with Crippen LogP contribution < -0.4 is 10.1 Å². The lowest BCUT2D eigenvalue weighted by molar-refractivity contribution is 0.102. The Labute approximate surface area is 234 Å². The molecule has 0 aliphatic rings. The van der Waals surface area contributed by atoms with Gasteiger partial charge in [-0.25, -0.2) is 0 Å². The molecule has 0 saturated carbocycles. The summed E-state index contributed by atoms with van der Waals surface area (Å²) in [5, 5.41) is 23.7. The molecule has 0 atom stereocenters. The van der Waals surface area contributed by atoms with Gasteiger partial charge in [0.25, 0.3) is 16.0 Å². The highest BCUT2D eigenvalue weighted by atomic mass is 35.5. The molecule has 4 aromatic carbocycles. The maximum absolute atomic E-state index is 13.2. The Balaban J connectivity index is 1.80. The molecule has 12 heteroatoms. The van der Waals surface area contributed by atoms with Crippen LogP contribution >= 0.6 is 23.2 Å². The number of nitrogens with zero attached hydrogens (tertiary/aromatic N) is 2. The van der Waals surface area contributed by atoms with E-state index in [1.165, 1.54) is 12.1 Å². The van der Waals surface area contributed by atoms with Crippen molar-refractivity contribution >= 4 is 67.1 Å². The number of carbonyl (C=O) groups excluding carboxylic acids is 1. The first-order valence-corrected chi connectivity index (χ1v) is 13.9. The number of aryl methyl sites for hydroxylation is 1. The van der Waals surface area contributed by atoms with Crippen LogP contribution in [0.1, 0.15) is 29.8 Å². The number of amides is 1. The zero-order valence-corrected chi connectivity index (χ0v) is 23.1. The van der Waals surface area contributed by atoms with E-state index in [4.69, 9.17) is 27.9 Å². The van der Waals surface area contributed by atoms with E-state index in [1.54, 1.807) is 56.3 Å². The van der Waals surface area contributed by atoms with E-state index in [2.05, 4.69) is 15.5 Å². The number of hydrogen-bond acceptors (Lipinski definition) is 7. The number of fused-ring (bicyclic) bond motifs is 1. The van der Waals surface area contributed by atoms with Crippen molar-refractivity contribution in [2.24, 2.45) is 10.2 Å². The lowest BCUT2D eigenvalue weighted by atomic mass is 10.0. The summed E-state index contributed by atoms with van der Waals surface area (Å²) in [4.78, 5) is 12.8. The minimum Gasteiger partial charge on any atom is -0.505 e. The van der Waals surface area contributed by atoms with Gasteiger partial charge in [0, 0.05) is 17.1 Å². The smallest absolute Gasteiger partial charge is 0.294 e. The van der Waals surface area contributed by atoms with Gasteiger partial charge in [-0.1, -0.05) is 54.4 Å². The SMILES string of the molecule is CCOc1cc(NC(=O)c2cc3ccccc3c(N=Nc3cc(S(=O)(=O)O)cc(CC)c3Cl)c2O)ccc1Cl. The van der Waals surface area contributed by atoms with Crippen molar-refractivity contribution < 1.29 is 27.6 Å². The van der Waals surface area contributed by atoms with E-state index in [1.807, 2.05) is 0 Å². The minimum absolute atomic E-state index is 0.0317. The van der Waals surface area contributed by atoms with Gasteiger partial charge in [0.1, 0.15) is 17.1 Å². The molecule has 0 aromatic heterocycles. The number of azo groups is 1. The summed E-state index contributed by atoms with van der Waals surface area (Å²) < 4.78 is 38.5. The number of nitrogens with one attached hydrogen (secondary N) is 1. The van der Waals surface area contributed by atoms with E-state index in [0.717, 1.165) is 6.07 Å². The van der Waals surface area contributed by atoms with Gasteiger partial charge < -0.3 is 15.2 Å². The third-order valence-corrected chi connectivity index (χ3v) is 7.35. The Morgan fingerprint density at radius 1 is 1.03 bits per heavy atom. The molecule has 202 valence electrons. The Kier molecular flexibility index (Phi) is 8.41. The third kappa shape index (κ3) is 6.15. The number of aromatic hydroxyl groups is 1. The van der Waals surface area contributed by atoms with Crippen LogP contribution in [-0.2, 0) is 16.5 Å². The number of phenolic OH excluding ortho intramolecular Hbond substituents is 1. The molecule has 39 heavy (non-hydrogen) atoms. The molecule has 1 amide bonds. The number of rotatable bonds is 8. The number of hydrogen-bond donors (Lipinski definition) is 3. The molecular formula is C27H23Cl2N3O6S. The number of phenols is 1. The van der Waals surface area contributed by atoms with Crippen LogP contribution in [0, 0.1) is 0 Å². The quantitative estimate of drug-likeness (QED) is 0.142. The zero-order chi connectivity index (χ0) is 28.3. The normalized spacial score (nSPS) is 11.7. The van der Waals surface area contributed by atoms with Crippen molar-refractivity contribution in [2.45, 2.75) is 25.2 Å². The standard InChI is InChI=1S/C27H23Cl2N3O6S/c1-3-15-11-18(39(35,36)37)14-22(24(15)29)31-32-25-19-8-6-5-7-16(19)12-20(26(25)33)27(34)30-17-9-10-21(28)23(13-17)38-4-2/h5-14,33H,3-4H2,1-2H3,(H,30,34)(H,35,36,37). The van der Waals surface area contributed by atoms with Gasteiger partial charge in [-0.3, -0.25) is 9.35 Å². The molecule has 0 aliphatic carbocycles. The third-order valence-electron chi connectivity index (χ3n) is 5.77. The summed E-state index contributed by atoms with van der Waals surface area (Å²) in [5.74, 6) is -0.685. The van der Waals surface area contributed by atoms with Gasteiger partial charge in [0.2, 0.25) is 0 Å². The van der Waals surface area contributed by atoms with Gasteiger partial charge in [-0.15, -0.1) is 10.2 Å². The van der Waals surface area contributed by atoms with Gasteiger partial charge in [0.15, 0.2) is 5.75 Å². The van der Waals surface area contributed by atoms with Crippen molar-refractivity contribution in [1.29, 1.82) is 0 Å².